The van der Waals surface area contributed by atoms with Gasteiger partial charge in [0.05, 0.1) is 16.3 Å². The number of carbonyl (C=O) groups is 1. The minimum absolute atomic E-state index is 0.0824. The van der Waals surface area contributed by atoms with E-state index >= 15 is 0 Å². The van der Waals surface area contributed by atoms with Gasteiger partial charge in [-0.3, -0.25) is 19.6 Å². The van der Waals surface area contributed by atoms with Crippen LogP contribution in [-0.2, 0) is 11.8 Å². The zero-order valence-corrected chi connectivity index (χ0v) is 13.6. The highest BCUT2D eigenvalue weighted by atomic mass is 35.5. The van der Waals surface area contributed by atoms with E-state index in [0.717, 1.165) is 5.56 Å². The molecule has 0 aliphatic heterocycles. The maximum atomic E-state index is 12.0. The largest absolute Gasteiger partial charge is 0.322 e. The number of amides is 1. The van der Waals surface area contributed by atoms with Gasteiger partial charge in [0.25, 0.3) is 5.69 Å². The highest BCUT2D eigenvalue weighted by molar-refractivity contribution is 6.31. The molecule has 2 rings (SSSR count). The monoisotopic (exact) mass is 334 g/mol. The highest BCUT2D eigenvalue weighted by Crippen LogP contribution is 2.23. The van der Waals surface area contributed by atoms with E-state index in [1.54, 1.807) is 33.0 Å². The molecular formula is C15H15ClN4O3. The zero-order chi connectivity index (χ0) is 17.1. The Hall–Kier alpha value is -2.67. The van der Waals surface area contributed by atoms with E-state index in [-0.39, 0.29) is 5.69 Å². The van der Waals surface area contributed by atoms with E-state index in [4.69, 9.17) is 11.6 Å². The molecule has 0 atom stereocenters. The molecule has 0 saturated heterocycles. The van der Waals surface area contributed by atoms with Crippen LogP contribution in [0.5, 0.6) is 0 Å². The van der Waals surface area contributed by atoms with Crippen molar-refractivity contribution in [3.63, 3.8) is 0 Å². The number of hydrogen-bond acceptors (Lipinski definition) is 4. The molecule has 1 heterocycles. The van der Waals surface area contributed by atoms with Crippen molar-refractivity contribution < 1.29 is 9.72 Å². The van der Waals surface area contributed by atoms with Gasteiger partial charge in [-0.15, -0.1) is 0 Å². The van der Waals surface area contributed by atoms with Gasteiger partial charge in [0, 0.05) is 30.8 Å². The number of halogens is 1. The van der Waals surface area contributed by atoms with Gasteiger partial charge in [0.15, 0.2) is 0 Å². The molecule has 2 aromatic rings. The maximum absolute atomic E-state index is 12.0. The van der Waals surface area contributed by atoms with Crippen molar-refractivity contribution in [2.24, 2.45) is 7.05 Å². The number of nitrogens with one attached hydrogen (secondary N) is 1. The Morgan fingerprint density at radius 1 is 1.43 bits per heavy atom. The van der Waals surface area contributed by atoms with Crippen LogP contribution in [0.4, 0.5) is 11.4 Å². The molecule has 1 aromatic carbocycles. The van der Waals surface area contributed by atoms with E-state index in [2.05, 4.69) is 10.4 Å². The average molecular weight is 335 g/mol. The molecule has 0 bridgehead atoms. The zero-order valence-electron chi connectivity index (χ0n) is 12.8. The van der Waals surface area contributed by atoms with Crippen LogP contribution in [0.2, 0.25) is 5.15 Å². The standard InChI is InChI=1S/C15H15ClN4O3/c1-9-4-5-11(20(22)23)8-13(9)17-14(21)7-6-12-10(2)18-19(3)15(12)16/h4-8H,1-3H3,(H,17,21)/b7-6+. The Morgan fingerprint density at radius 2 is 2.13 bits per heavy atom. The van der Waals surface area contributed by atoms with Crippen molar-refractivity contribution in [1.82, 2.24) is 9.78 Å². The number of anilines is 1. The van der Waals surface area contributed by atoms with Crippen molar-refractivity contribution in [3.8, 4) is 0 Å². The van der Waals surface area contributed by atoms with Gasteiger partial charge >= 0.3 is 0 Å². The fraction of sp³-hybridized carbons (Fsp3) is 0.200. The van der Waals surface area contributed by atoms with Gasteiger partial charge in [0.1, 0.15) is 5.15 Å². The molecule has 0 radical (unpaired) electrons. The number of nitro benzene ring substituents is 1. The third-order valence-corrected chi connectivity index (χ3v) is 3.74. The predicted octanol–water partition coefficient (Wildman–Crippen LogP) is 3.25. The molecule has 0 fully saturated rings. The number of aromatic nitrogens is 2. The van der Waals surface area contributed by atoms with Crippen molar-refractivity contribution in [2.45, 2.75) is 13.8 Å². The first-order valence-electron chi connectivity index (χ1n) is 6.73. The summed E-state index contributed by atoms with van der Waals surface area (Å²) in [6, 6.07) is 4.29. The van der Waals surface area contributed by atoms with Crippen LogP contribution in [0.1, 0.15) is 16.8 Å². The second kappa shape index (κ2) is 6.62. The minimum Gasteiger partial charge on any atom is -0.322 e. The molecule has 0 aliphatic carbocycles. The molecule has 7 nitrogen and oxygen atoms in total. The van der Waals surface area contributed by atoms with Crippen LogP contribution in [0.25, 0.3) is 6.08 Å². The van der Waals surface area contributed by atoms with Gasteiger partial charge in [-0.1, -0.05) is 17.7 Å². The summed E-state index contributed by atoms with van der Waals surface area (Å²) in [7, 11) is 1.71. The SMILES string of the molecule is Cc1ccc([N+](=O)[O-])cc1NC(=O)/C=C/c1c(C)nn(C)c1Cl. The summed E-state index contributed by atoms with van der Waals surface area (Å²) < 4.78 is 1.51. The second-order valence-electron chi connectivity index (χ2n) is 4.99. The Morgan fingerprint density at radius 3 is 2.70 bits per heavy atom. The minimum atomic E-state index is -0.510. The molecule has 0 saturated carbocycles. The van der Waals surface area contributed by atoms with E-state index in [9.17, 15) is 14.9 Å². The van der Waals surface area contributed by atoms with Crippen LogP contribution < -0.4 is 5.32 Å². The summed E-state index contributed by atoms with van der Waals surface area (Å²) in [5.41, 5.74) is 2.39. The number of rotatable bonds is 4. The first kappa shape index (κ1) is 16.7. The number of nitrogens with zero attached hydrogens (tertiary/aromatic N) is 3. The molecule has 0 spiro atoms. The second-order valence-corrected chi connectivity index (χ2v) is 5.35. The number of benzene rings is 1. The predicted molar refractivity (Wildman–Crippen MR) is 88.5 cm³/mol. The number of hydrogen-bond donors (Lipinski definition) is 1. The van der Waals surface area contributed by atoms with Crippen LogP contribution >= 0.6 is 11.6 Å². The third kappa shape index (κ3) is 3.75. The van der Waals surface area contributed by atoms with Crippen molar-refractivity contribution in [3.05, 3.63) is 56.4 Å². The van der Waals surface area contributed by atoms with Crippen LogP contribution in [-0.4, -0.2) is 20.6 Å². The van der Waals surface area contributed by atoms with Gasteiger partial charge in [-0.25, -0.2) is 0 Å². The van der Waals surface area contributed by atoms with Gasteiger partial charge in [0.2, 0.25) is 5.91 Å². The normalized spacial score (nSPS) is 11.0. The number of carbonyl (C=O) groups excluding carboxylic acids is 1. The Labute approximate surface area is 137 Å². The molecule has 1 N–H and O–H groups in total. The lowest BCUT2D eigenvalue weighted by Gasteiger charge is -2.05. The maximum Gasteiger partial charge on any atom is 0.271 e. The Bertz CT molecular complexity index is 811. The molecule has 0 unspecified atom stereocenters. The number of non-ortho nitro benzene ring substituents is 1. The van der Waals surface area contributed by atoms with Gasteiger partial charge in [-0.05, 0) is 25.5 Å². The van der Waals surface area contributed by atoms with Crippen molar-refractivity contribution >= 4 is 35.0 Å². The first-order valence-corrected chi connectivity index (χ1v) is 7.10. The molecule has 23 heavy (non-hydrogen) atoms. The molecule has 120 valence electrons. The third-order valence-electron chi connectivity index (χ3n) is 3.29. The lowest BCUT2D eigenvalue weighted by molar-refractivity contribution is -0.384. The topological polar surface area (TPSA) is 90.1 Å². The van der Waals surface area contributed by atoms with E-state index in [1.807, 2.05) is 0 Å². The molecule has 0 aliphatic rings. The van der Waals surface area contributed by atoms with E-state index in [1.165, 1.54) is 22.9 Å². The van der Waals surface area contributed by atoms with Crippen LogP contribution in [0.3, 0.4) is 0 Å². The highest BCUT2D eigenvalue weighted by Gasteiger charge is 2.11. The lowest BCUT2D eigenvalue weighted by atomic mass is 10.1. The smallest absolute Gasteiger partial charge is 0.271 e. The van der Waals surface area contributed by atoms with Gasteiger partial charge in [-0.2, -0.15) is 5.10 Å². The van der Waals surface area contributed by atoms with Crippen LogP contribution in [0, 0.1) is 24.0 Å². The molecule has 1 aromatic heterocycles. The van der Waals surface area contributed by atoms with E-state index < -0.39 is 10.8 Å². The number of nitro groups is 1. The summed E-state index contributed by atoms with van der Waals surface area (Å²) in [5, 5.41) is 18.0. The van der Waals surface area contributed by atoms with E-state index in [0.29, 0.717) is 22.1 Å². The van der Waals surface area contributed by atoms with Crippen LogP contribution in [0.15, 0.2) is 24.3 Å². The summed E-state index contributed by atoms with van der Waals surface area (Å²) in [6.45, 7) is 3.54. The molecule has 8 heteroatoms. The molecular weight excluding hydrogens is 320 g/mol. The fourth-order valence-corrected chi connectivity index (χ4v) is 2.26. The fourth-order valence-electron chi connectivity index (χ4n) is 2.03. The molecule has 1 amide bonds. The number of aryl methyl sites for hydroxylation is 3. The van der Waals surface area contributed by atoms with Gasteiger partial charge < -0.3 is 5.32 Å². The van der Waals surface area contributed by atoms with Crippen molar-refractivity contribution in [1.29, 1.82) is 0 Å². The summed E-state index contributed by atoms with van der Waals surface area (Å²) in [5.74, 6) is -0.409. The average Bonchev–Trinajstić information content (AvgIpc) is 2.72. The quantitative estimate of drug-likeness (QED) is 0.528. The summed E-state index contributed by atoms with van der Waals surface area (Å²) in [4.78, 5) is 22.3. The summed E-state index contributed by atoms with van der Waals surface area (Å²) in [6.07, 6.45) is 2.88. The van der Waals surface area contributed by atoms with Crippen molar-refractivity contribution in [2.75, 3.05) is 5.32 Å². The Balaban J connectivity index is 2.18. The first-order chi connectivity index (χ1) is 10.8. The Kier molecular flexibility index (Phi) is 4.80. The lowest BCUT2D eigenvalue weighted by Crippen LogP contribution is -2.09. The summed E-state index contributed by atoms with van der Waals surface area (Å²) >= 11 is 6.08.